The number of fused-ring (bicyclic) bond motifs is 1. The van der Waals surface area contributed by atoms with E-state index in [1.165, 1.54) is 12.1 Å². The SMILES string of the molecule is COc1cc2c(Oc3cccc(NC(=O)Nc4cc(C(C)(C)C)on4)c3)ncnc2cc1OCCCN1CCSC1. The fourth-order valence-corrected chi connectivity index (χ4v) is 5.24. The van der Waals surface area contributed by atoms with Crippen LogP contribution in [0.5, 0.6) is 23.1 Å². The highest BCUT2D eigenvalue weighted by molar-refractivity contribution is 7.99. The van der Waals surface area contributed by atoms with Gasteiger partial charge in [-0.05, 0) is 24.6 Å². The number of carbonyl (C=O) groups excluding carboxylic acids is 1. The van der Waals surface area contributed by atoms with Crippen LogP contribution in [0.2, 0.25) is 0 Å². The normalized spacial score (nSPS) is 13.8. The van der Waals surface area contributed by atoms with Gasteiger partial charge in [0.05, 0.1) is 24.6 Å². The van der Waals surface area contributed by atoms with Gasteiger partial charge in [-0.15, -0.1) is 11.8 Å². The van der Waals surface area contributed by atoms with E-state index in [1.807, 2.05) is 44.7 Å². The fourth-order valence-electron chi connectivity index (χ4n) is 4.21. The van der Waals surface area contributed by atoms with Crippen LogP contribution in [0, 0.1) is 0 Å². The maximum atomic E-state index is 12.6. The fraction of sp³-hybridized carbons (Fsp3) is 0.379. The first-order valence-electron chi connectivity index (χ1n) is 13.4. The van der Waals surface area contributed by atoms with E-state index >= 15 is 0 Å². The molecular formula is C29H34N6O5S. The van der Waals surface area contributed by atoms with Gasteiger partial charge in [0.25, 0.3) is 0 Å². The van der Waals surface area contributed by atoms with Crippen molar-refractivity contribution in [2.75, 3.05) is 49.1 Å². The topological polar surface area (TPSA) is 124 Å². The summed E-state index contributed by atoms with van der Waals surface area (Å²) in [4.78, 5) is 23.7. The molecule has 1 fully saturated rings. The molecule has 4 aromatic rings. The number of ether oxygens (including phenoxy) is 3. The van der Waals surface area contributed by atoms with Crippen molar-refractivity contribution >= 4 is 40.2 Å². The molecular weight excluding hydrogens is 544 g/mol. The molecule has 216 valence electrons. The molecule has 2 N–H and O–H groups in total. The summed E-state index contributed by atoms with van der Waals surface area (Å²) in [5.74, 6) is 5.32. The van der Waals surface area contributed by atoms with Gasteiger partial charge < -0.3 is 24.1 Å². The Morgan fingerprint density at radius 1 is 1.12 bits per heavy atom. The Kier molecular flexibility index (Phi) is 8.79. The highest BCUT2D eigenvalue weighted by atomic mass is 32.2. The molecule has 0 spiro atoms. The number of methoxy groups -OCH3 is 1. The Hall–Kier alpha value is -4.03. The number of urea groups is 1. The monoisotopic (exact) mass is 578 g/mol. The lowest BCUT2D eigenvalue weighted by molar-refractivity contribution is 0.259. The first-order chi connectivity index (χ1) is 19.8. The van der Waals surface area contributed by atoms with Crippen LogP contribution in [0.15, 0.2) is 53.3 Å². The number of amides is 2. The van der Waals surface area contributed by atoms with Crippen LogP contribution in [-0.2, 0) is 5.41 Å². The van der Waals surface area contributed by atoms with E-state index < -0.39 is 6.03 Å². The Balaban J connectivity index is 1.24. The summed E-state index contributed by atoms with van der Waals surface area (Å²) in [6, 6.07) is 11.9. The largest absolute Gasteiger partial charge is 0.493 e. The van der Waals surface area contributed by atoms with E-state index in [4.69, 9.17) is 18.7 Å². The molecule has 0 saturated carbocycles. The molecule has 1 saturated heterocycles. The molecule has 1 aliphatic heterocycles. The summed E-state index contributed by atoms with van der Waals surface area (Å²) in [6.45, 7) is 8.74. The molecule has 3 heterocycles. The van der Waals surface area contributed by atoms with Gasteiger partial charge in [0.15, 0.2) is 17.3 Å². The van der Waals surface area contributed by atoms with Crippen LogP contribution in [0.25, 0.3) is 10.9 Å². The van der Waals surface area contributed by atoms with E-state index in [1.54, 1.807) is 37.4 Å². The highest BCUT2D eigenvalue weighted by Gasteiger charge is 2.20. The van der Waals surface area contributed by atoms with Crippen LogP contribution < -0.4 is 24.8 Å². The Bertz CT molecular complexity index is 1500. The third-order valence-electron chi connectivity index (χ3n) is 6.38. The minimum absolute atomic E-state index is 0.217. The third kappa shape index (κ3) is 7.39. The average molecular weight is 579 g/mol. The number of hydrogen-bond acceptors (Lipinski definition) is 10. The van der Waals surface area contributed by atoms with Gasteiger partial charge in [-0.25, -0.2) is 14.8 Å². The molecule has 0 bridgehead atoms. The molecule has 5 rings (SSSR count). The predicted octanol–water partition coefficient (Wildman–Crippen LogP) is 6.14. The van der Waals surface area contributed by atoms with Gasteiger partial charge in [-0.1, -0.05) is 32.0 Å². The van der Waals surface area contributed by atoms with Crippen molar-refractivity contribution in [1.82, 2.24) is 20.0 Å². The van der Waals surface area contributed by atoms with E-state index in [0.717, 1.165) is 25.4 Å². The Labute approximate surface area is 242 Å². The van der Waals surface area contributed by atoms with Gasteiger partial charge >= 0.3 is 6.03 Å². The number of rotatable bonds is 10. The molecule has 1 aliphatic rings. The summed E-state index contributed by atoms with van der Waals surface area (Å²) >= 11 is 1.96. The maximum Gasteiger partial charge on any atom is 0.324 e. The predicted molar refractivity (Wildman–Crippen MR) is 159 cm³/mol. The Morgan fingerprint density at radius 3 is 2.76 bits per heavy atom. The zero-order valence-corrected chi connectivity index (χ0v) is 24.4. The molecule has 0 unspecified atom stereocenters. The van der Waals surface area contributed by atoms with E-state index in [0.29, 0.717) is 57.9 Å². The van der Waals surface area contributed by atoms with Crippen molar-refractivity contribution in [2.24, 2.45) is 0 Å². The summed E-state index contributed by atoms with van der Waals surface area (Å²) in [7, 11) is 1.60. The highest BCUT2D eigenvalue weighted by Crippen LogP contribution is 2.36. The van der Waals surface area contributed by atoms with Crippen LogP contribution in [-0.4, -0.2) is 64.5 Å². The molecule has 11 nitrogen and oxygen atoms in total. The van der Waals surface area contributed by atoms with Crippen molar-refractivity contribution < 1.29 is 23.5 Å². The molecule has 2 amide bonds. The number of thioether (sulfide) groups is 1. The lowest BCUT2D eigenvalue weighted by atomic mass is 9.93. The minimum Gasteiger partial charge on any atom is -0.493 e. The van der Waals surface area contributed by atoms with Gasteiger partial charge in [0.1, 0.15) is 17.8 Å². The molecule has 2 aromatic heterocycles. The van der Waals surface area contributed by atoms with E-state index in [-0.39, 0.29) is 5.41 Å². The van der Waals surface area contributed by atoms with Crippen LogP contribution >= 0.6 is 11.8 Å². The number of nitrogens with zero attached hydrogens (tertiary/aromatic N) is 4. The first kappa shape index (κ1) is 28.5. The summed E-state index contributed by atoms with van der Waals surface area (Å²) in [5, 5.41) is 10.1. The molecule has 12 heteroatoms. The zero-order valence-electron chi connectivity index (χ0n) is 23.6. The smallest absolute Gasteiger partial charge is 0.324 e. The van der Waals surface area contributed by atoms with Crippen LogP contribution in [0.4, 0.5) is 16.3 Å². The van der Waals surface area contributed by atoms with Crippen LogP contribution in [0.3, 0.4) is 0 Å². The Morgan fingerprint density at radius 2 is 2.00 bits per heavy atom. The van der Waals surface area contributed by atoms with Gasteiger partial charge in [-0.2, -0.15) is 0 Å². The standard InChI is InChI=1S/C29H34N6O5S/c1-29(2,3)25-16-26(34-40-25)33-28(36)32-19-7-5-8-20(13-19)39-27-21-14-23(37-4)24(15-22(21)30-17-31-27)38-11-6-9-35-10-12-41-18-35/h5,7-8,13-17H,6,9-12,18H2,1-4H3,(H2,32,33,34,36). The number of nitrogens with one attached hydrogen (secondary N) is 2. The minimum atomic E-state index is -0.458. The first-order valence-corrected chi connectivity index (χ1v) is 14.5. The second kappa shape index (κ2) is 12.6. The quantitative estimate of drug-likeness (QED) is 0.212. The van der Waals surface area contributed by atoms with Crippen molar-refractivity contribution in [2.45, 2.75) is 32.6 Å². The zero-order chi connectivity index (χ0) is 28.8. The third-order valence-corrected chi connectivity index (χ3v) is 7.40. The average Bonchev–Trinajstić information content (AvgIpc) is 3.63. The van der Waals surface area contributed by atoms with Gasteiger partial charge in [-0.3, -0.25) is 10.2 Å². The van der Waals surface area contributed by atoms with Crippen molar-refractivity contribution in [3.05, 3.63) is 54.6 Å². The van der Waals surface area contributed by atoms with E-state index in [2.05, 4.69) is 30.7 Å². The summed E-state index contributed by atoms with van der Waals surface area (Å²) in [6.07, 6.45) is 2.37. The van der Waals surface area contributed by atoms with Crippen LogP contribution in [0.1, 0.15) is 33.0 Å². The molecule has 0 radical (unpaired) electrons. The second-order valence-corrected chi connectivity index (χ2v) is 11.7. The second-order valence-electron chi connectivity index (χ2n) is 10.6. The number of hydrogen-bond donors (Lipinski definition) is 2. The molecule has 41 heavy (non-hydrogen) atoms. The number of benzene rings is 2. The van der Waals surface area contributed by atoms with Gasteiger partial charge in [0, 0.05) is 54.0 Å². The number of anilines is 2. The molecule has 2 aromatic carbocycles. The van der Waals surface area contributed by atoms with Crippen molar-refractivity contribution in [3.8, 4) is 23.1 Å². The number of aromatic nitrogens is 3. The lowest BCUT2D eigenvalue weighted by Crippen LogP contribution is -2.22. The van der Waals surface area contributed by atoms with Crippen molar-refractivity contribution in [1.29, 1.82) is 0 Å². The number of carbonyl (C=O) groups is 1. The molecule has 0 atom stereocenters. The summed E-state index contributed by atoms with van der Waals surface area (Å²) in [5.41, 5.74) is 0.974. The molecule has 0 aliphatic carbocycles. The van der Waals surface area contributed by atoms with Crippen molar-refractivity contribution in [3.63, 3.8) is 0 Å². The maximum absolute atomic E-state index is 12.6. The van der Waals surface area contributed by atoms with Gasteiger partial charge in [0.2, 0.25) is 5.88 Å². The lowest BCUT2D eigenvalue weighted by Gasteiger charge is -2.15. The summed E-state index contributed by atoms with van der Waals surface area (Å²) < 4.78 is 23.1. The van der Waals surface area contributed by atoms with E-state index in [9.17, 15) is 4.79 Å².